The van der Waals surface area contributed by atoms with Gasteiger partial charge in [0, 0.05) is 7.05 Å². The van der Waals surface area contributed by atoms with E-state index in [-0.39, 0.29) is 5.54 Å². The van der Waals surface area contributed by atoms with Crippen LogP contribution in [0.2, 0.25) is 0 Å². The lowest BCUT2D eigenvalue weighted by atomic mass is 9.75. The number of nitrogens with zero attached hydrogens (tertiary/aromatic N) is 2. The van der Waals surface area contributed by atoms with E-state index in [2.05, 4.69) is 43.7 Å². The van der Waals surface area contributed by atoms with Crippen LogP contribution in [-0.4, -0.2) is 9.55 Å². The van der Waals surface area contributed by atoms with E-state index in [9.17, 15) is 0 Å². The summed E-state index contributed by atoms with van der Waals surface area (Å²) in [5.74, 6) is 1.92. The van der Waals surface area contributed by atoms with Crippen LogP contribution in [-0.2, 0) is 12.6 Å². The van der Waals surface area contributed by atoms with Crippen molar-refractivity contribution in [2.75, 3.05) is 0 Å². The fourth-order valence-corrected chi connectivity index (χ4v) is 3.73. The highest BCUT2D eigenvalue weighted by Gasteiger charge is 2.36. The van der Waals surface area contributed by atoms with Gasteiger partial charge in [0.15, 0.2) is 0 Å². The number of hydrogen-bond donors (Lipinski definition) is 1. The molecule has 1 aliphatic rings. The summed E-state index contributed by atoms with van der Waals surface area (Å²) in [6, 6.07) is 6.31. The Kier molecular flexibility index (Phi) is 3.33. The third-order valence-electron chi connectivity index (χ3n) is 5.12. The Morgan fingerprint density at radius 1 is 1.35 bits per heavy atom. The molecule has 20 heavy (non-hydrogen) atoms. The highest BCUT2D eigenvalue weighted by atomic mass is 15.1. The van der Waals surface area contributed by atoms with Gasteiger partial charge in [-0.1, -0.05) is 25.5 Å². The summed E-state index contributed by atoms with van der Waals surface area (Å²) in [6.07, 6.45) is 5.85. The second-order valence-electron chi connectivity index (χ2n) is 6.44. The highest BCUT2D eigenvalue weighted by Crippen LogP contribution is 2.39. The first-order chi connectivity index (χ1) is 9.55. The van der Waals surface area contributed by atoms with Crippen LogP contribution in [0.5, 0.6) is 0 Å². The van der Waals surface area contributed by atoms with Crippen molar-refractivity contribution in [2.24, 2.45) is 18.7 Å². The maximum atomic E-state index is 6.73. The number of fused-ring (bicyclic) bond motifs is 1. The Morgan fingerprint density at radius 2 is 2.05 bits per heavy atom. The maximum absolute atomic E-state index is 6.73. The normalized spacial score (nSPS) is 27.1. The SMILES string of the molecule is CCC1CCC(N)(c2nc3cccc(C)c3n2C)CC1. The number of imidazole rings is 1. The standard InChI is InChI=1S/C17H25N3/c1-4-13-8-10-17(18,11-9-13)16-19-14-7-5-6-12(2)15(14)20(16)3/h5-7,13H,4,8-11,18H2,1-3H3. The van der Waals surface area contributed by atoms with Gasteiger partial charge in [0.25, 0.3) is 0 Å². The average molecular weight is 271 g/mol. The molecular formula is C17H25N3. The second kappa shape index (κ2) is 4.88. The predicted molar refractivity (Wildman–Crippen MR) is 83.6 cm³/mol. The van der Waals surface area contributed by atoms with E-state index in [1.165, 1.54) is 30.3 Å². The maximum Gasteiger partial charge on any atom is 0.129 e. The largest absolute Gasteiger partial charge is 0.329 e. The van der Waals surface area contributed by atoms with Crippen molar-refractivity contribution in [1.29, 1.82) is 0 Å². The first kappa shape index (κ1) is 13.6. The fraction of sp³-hybridized carbons (Fsp3) is 0.588. The highest BCUT2D eigenvalue weighted by molar-refractivity contribution is 5.79. The molecule has 0 atom stereocenters. The van der Waals surface area contributed by atoms with E-state index in [1.807, 2.05) is 0 Å². The molecule has 1 fully saturated rings. The van der Waals surface area contributed by atoms with Crippen molar-refractivity contribution < 1.29 is 0 Å². The fourth-order valence-electron chi connectivity index (χ4n) is 3.73. The van der Waals surface area contributed by atoms with Crippen molar-refractivity contribution in [1.82, 2.24) is 9.55 Å². The van der Waals surface area contributed by atoms with Gasteiger partial charge < -0.3 is 10.3 Å². The minimum Gasteiger partial charge on any atom is -0.329 e. The summed E-state index contributed by atoms with van der Waals surface area (Å²) < 4.78 is 2.22. The van der Waals surface area contributed by atoms with Gasteiger partial charge in [0.05, 0.1) is 16.6 Å². The van der Waals surface area contributed by atoms with Crippen LogP contribution in [0.25, 0.3) is 11.0 Å². The third-order valence-corrected chi connectivity index (χ3v) is 5.12. The van der Waals surface area contributed by atoms with Crippen LogP contribution in [0, 0.1) is 12.8 Å². The molecule has 0 amide bonds. The molecule has 1 saturated carbocycles. The lowest BCUT2D eigenvalue weighted by Crippen LogP contribution is -2.42. The number of aryl methyl sites for hydroxylation is 2. The molecule has 2 N–H and O–H groups in total. The molecular weight excluding hydrogens is 246 g/mol. The van der Waals surface area contributed by atoms with Gasteiger partial charge in [-0.3, -0.25) is 0 Å². The van der Waals surface area contributed by atoms with E-state index >= 15 is 0 Å². The quantitative estimate of drug-likeness (QED) is 0.906. The number of nitrogens with two attached hydrogens (primary N) is 1. The number of aromatic nitrogens is 2. The van der Waals surface area contributed by atoms with E-state index in [0.29, 0.717) is 0 Å². The van der Waals surface area contributed by atoms with E-state index in [1.54, 1.807) is 0 Å². The van der Waals surface area contributed by atoms with Crippen LogP contribution in [0.4, 0.5) is 0 Å². The van der Waals surface area contributed by atoms with Gasteiger partial charge >= 0.3 is 0 Å². The van der Waals surface area contributed by atoms with Crippen molar-refractivity contribution in [2.45, 2.75) is 51.5 Å². The molecule has 0 unspecified atom stereocenters. The molecule has 1 aliphatic carbocycles. The summed E-state index contributed by atoms with van der Waals surface area (Å²) >= 11 is 0. The monoisotopic (exact) mass is 271 g/mol. The van der Waals surface area contributed by atoms with Gasteiger partial charge in [0.1, 0.15) is 5.82 Å². The van der Waals surface area contributed by atoms with E-state index in [0.717, 1.165) is 30.1 Å². The van der Waals surface area contributed by atoms with Crippen LogP contribution in [0.15, 0.2) is 18.2 Å². The molecule has 2 aromatic rings. The van der Waals surface area contributed by atoms with Crippen molar-refractivity contribution >= 4 is 11.0 Å². The molecule has 0 aliphatic heterocycles. The van der Waals surface area contributed by atoms with Crippen molar-refractivity contribution in [3.8, 4) is 0 Å². The minimum absolute atomic E-state index is 0.244. The minimum atomic E-state index is -0.244. The molecule has 3 nitrogen and oxygen atoms in total. The molecule has 108 valence electrons. The van der Waals surface area contributed by atoms with E-state index < -0.39 is 0 Å². The summed E-state index contributed by atoms with van der Waals surface area (Å²) in [5, 5.41) is 0. The third kappa shape index (κ3) is 2.05. The Labute approximate surface area is 121 Å². The lowest BCUT2D eigenvalue weighted by Gasteiger charge is -2.36. The Balaban J connectivity index is 2.02. The van der Waals surface area contributed by atoms with Gasteiger partial charge in [0.2, 0.25) is 0 Å². The summed E-state index contributed by atoms with van der Waals surface area (Å²) in [7, 11) is 2.11. The topological polar surface area (TPSA) is 43.8 Å². The Hall–Kier alpha value is -1.35. The lowest BCUT2D eigenvalue weighted by molar-refractivity contribution is 0.219. The zero-order chi connectivity index (χ0) is 14.3. The molecule has 0 bridgehead atoms. The zero-order valence-electron chi connectivity index (χ0n) is 12.8. The first-order valence-electron chi connectivity index (χ1n) is 7.76. The van der Waals surface area contributed by atoms with Crippen molar-refractivity contribution in [3.05, 3.63) is 29.6 Å². The van der Waals surface area contributed by atoms with Gasteiger partial charge in [-0.2, -0.15) is 0 Å². The second-order valence-corrected chi connectivity index (χ2v) is 6.44. The molecule has 0 spiro atoms. The summed E-state index contributed by atoms with van der Waals surface area (Å²) in [6.45, 7) is 4.43. The van der Waals surface area contributed by atoms with Crippen LogP contribution in [0.3, 0.4) is 0 Å². The first-order valence-corrected chi connectivity index (χ1v) is 7.76. The molecule has 0 radical (unpaired) electrons. The molecule has 1 heterocycles. The number of hydrogen-bond acceptors (Lipinski definition) is 2. The zero-order valence-corrected chi connectivity index (χ0v) is 12.8. The molecule has 0 saturated heterocycles. The van der Waals surface area contributed by atoms with Gasteiger partial charge in [-0.05, 0) is 50.2 Å². The number of rotatable bonds is 2. The van der Waals surface area contributed by atoms with Crippen molar-refractivity contribution in [3.63, 3.8) is 0 Å². The molecule has 3 rings (SSSR count). The van der Waals surface area contributed by atoms with Gasteiger partial charge in [-0.25, -0.2) is 4.98 Å². The van der Waals surface area contributed by atoms with Crippen LogP contribution in [0.1, 0.15) is 50.4 Å². The Bertz CT molecular complexity index is 618. The van der Waals surface area contributed by atoms with Crippen LogP contribution >= 0.6 is 0 Å². The number of para-hydroxylation sites is 1. The molecule has 3 heteroatoms. The van der Waals surface area contributed by atoms with Crippen LogP contribution < -0.4 is 5.73 Å². The molecule has 1 aromatic heterocycles. The number of benzene rings is 1. The summed E-state index contributed by atoms with van der Waals surface area (Å²) in [4.78, 5) is 4.86. The Morgan fingerprint density at radius 3 is 2.65 bits per heavy atom. The summed E-state index contributed by atoms with van der Waals surface area (Å²) in [5.41, 5.74) is 10.1. The van der Waals surface area contributed by atoms with Gasteiger partial charge in [-0.15, -0.1) is 0 Å². The van der Waals surface area contributed by atoms with E-state index in [4.69, 9.17) is 10.7 Å². The average Bonchev–Trinajstić information content (AvgIpc) is 2.79. The predicted octanol–water partition coefficient (Wildman–Crippen LogP) is 3.64. The molecule has 1 aromatic carbocycles. The smallest absolute Gasteiger partial charge is 0.129 e.